The first-order valence-electron chi connectivity index (χ1n) is 10.2. The number of guanidine groups is 1. The van der Waals surface area contributed by atoms with Crippen LogP contribution < -0.4 is 10.6 Å². The summed E-state index contributed by atoms with van der Waals surface area (Å²) in [6, 6.07) is 0. The van der Waals surface area contributed by atoms with E-state index in [0.29, 0.717) is 19.0 Å². The highest BCUT2D eigenvalue weighted by Crippen LogP contribution is 2.52. The van der Waals surface area contributed by atoms with Gasteiger partial charge in [-0.3, -0.25) is 19.5 Å². The van der Waals surface area contributed by atoms with Crippen molar-refractivity contribution in [1.82, 2.24) is 20.4 Å². The summed E-state index contributed by atoms with van der Waals surface area (Å²) in [5, 5.41) is 6.64. The van der Waals surface area contributed by atoms with Crippen molar-refractivity contribution in [3.05, 3.63) is 12.2 Å². The van der Waals surface area contributed by atoms with Crippen LogP contribution in [0.3, 0.4) is 0 Å². The standard InChI is InChI=1S/C20H31N5O2/c1-21-20(23-12-13-5-8-24(2)9-6-13)22-7-10-25-18(26)16-14-3-4-15(11-14)17(16)19(25)27/h3-4,13-17H,5-12H2,1-2H3,(H2,21,22,23). The Morgan fingerprint density at radius 1 is 1.11 bits per heavy atom. The highest BCUT2D eigenvalue weighted by molar-refractivity contribution is 6.06. The van der Waals surface area contributed by atoms with E-state index in [1.165, 1.54) is 17.7 Å². The van der Waals surface area contributed by atoms with Gasteiger partial charge in [0.05, 0.1) is 11.8 Å². The van der Waals surface area contributed by atoms with Gasteiger partial charge in [0.2, 0.25) is 11.8 Å². The number of allylic oxidation sites excluding steroid dienone is 2. The van der Waals surface area contributed by atoms with Crippen molar-refractivity contribution in [2.24, 2.45) is 34.6 Å². The van der Waals surface area contributed by atoms with E-state index < -0.39 is 0 Å². The van der Waals surface area contributed by atoms with Crippen LogP contribution in [0.15, 0.2) is 17.1 Å². The van der Waals surface area contributed by atoms with Gasteiger partial charge in [0.1, 0.15) is 0 Å². The summed E-state index contributed by atoms with van der Waals surface area (Å²) in [6.07, 6.45) is 7.65. The van der Waals surface area contributed by atoms with Crippen LogP contribution >= 0.6 is 0 Å². The molecule has 2 N–H and O–H groups in total. The number of nitrogens with zero attached hydrogens (tertiary/aromatic N) is 3. The molecule has 4 aliphatic rings. The third-order valence-corrected chi connectivity index (χ3v) is 6.81. The van der Waals surface area contributed by atoms with Gasteiger partial charge < -0.3 is 15.5 Å². The number of nitrogens with one attached hydrogen (secondary N) is 2. The molecule has 0 radical (unpaired) electrons. The molecule has 27 heavy (non-hydrogen) atoms. The van der Waals surface area contributed by atoms with E-state index in [2.05, 4.69) is 39.7 Å². The van der Waals surface area contributed by atoms with Crippen LogP contribution in [0.1, 0.15) is 19.3 Å². The molecule has 7 nitrogen and oxygen atoms in total. The number of piperidine rings is 1. The number of amides is 2. The minimum atomic E-state index is -0.102. The highest BCUT2D eigenvalue weighted by Gasteiger charge is 2.58. The summed E-state index contributed by atoms with van der Waals surface area (Å²) >= 11 is 0. The first-order chi connectivity index (χ1) is 13.1. The lowest BCUT2D eigenvalue weighted by molar-refractivity contribution is -0.140. The van der Waals surface area contributed by atoms with E-state index >= 15 is 0 Å². The third-order valence-electron chi connectivity index (χ3n) is 6.81. The molecule has 1 saturated carbocycles. The molecule has 2 saturated heterocycles. The minimum absolute atomic E-state index is 0.0259. The smallest absolute Gasteiger partial charge is 0.233 e. The van der Waals surface area contributed by atoms with Crippen LogP contribution in [-0.4, -0.2) is 74.4 Å². The summed E-state index contributed by atoms with van der Waals surface area (Å²) < 4.78 is 0. The summed E-state index contributed by atoms with van der Waals surface area (Å²) in [5.74, 6) is 1.81. The topological polar surface area (TPSA) is 77.0 Å². The molecule has 0 spiro atoms. The second-order valence-corrected chi connectivity index (χ2v) is 8.45. The van der Waals surface area contributed by atoms with Gasteiger partial charge in [0, 0.05) is 26.7 Å². The molecular formula is C20H31N5O2. The van der Waals surface area contributed by atoms with Crippen LogP contribution in [0.4, 0.5) is 0 Å². The summed E-state index contributed by atoms with van der Waals surface area (Å²) in [7, 11) is 3.92. The Morgan fingerprint density at radius 3 is 2.33 bits per heavy atom. The Balaban J connectivity index is 1.22. The number of carbonyl (C=O) groups is 2. The predicted molar refractivity (Wildman–Crippen MR) is 104 cm³/mol. The average Bonchev–Trinajstić information content (AvgIpc) is 3.35. The molecule has 4 atom stereocenters. The molecule has 4 rings (SSSR count). The monoisotopic (exact) mass is 373 g/mol. The fraction of sp³-hybridized carbons (Fsp3) is 0.750. The Morgan fingerprint density at radius 2 is 1.74 bits per heavy atom. The summed E-state index contributed by atoms with van der Waals surface area (Å²) in [5.41, 5.74) is 0. The molecule has 0 aromatic carbocycles. The van der Waals surface area contributed by atoms with Crippen molar-refractivity contribution in [2.75, 3.05) is 46.8 Å². The van der Waals surface area contributed by atoms with E-state index in [-0.39, 0.29) is 35.5 Å². The quantitative estimate of drug-likeness (QED) is 0.314. The fourth-order valence-electron chi connectivity index (χ4n) is 5.20. The lowest BCUT2D eigenvalue weighted by atomic mass is 9.85. The highest BCUT2D eigenvalue weighted by atomic mass is 16.2. The summed E-state index contributed by atoms with van der Waals surface area (Å²) in [6.45, 7) is 4.16. The minimum Gasteiger partial charge on any atom is -0.356 e. The lowest BCUT2D eigenvalue weighted by Crippen LogP contribution is -2.45. The van der Waals surface area contributed by atoms with Gasteiger partial charge in [-0.25, -0.2) is 0 Å². The van der Waals surface area contributed by atoms with Crippen molar-refractivity contribution >= 4 is 17.8 Å². The van der Waals surface area contributed by atoms with Crippen LogP contribution in [0, 0.1) is 29.6 Å². The van der Waals surface area contributed by atoms with Crippen LogP contribution in [0.5, 0.6) is 0 Å². The van der Waals surface area contributed by atoms with Gasteiger partial charge in [0.15, 0.2) is 5.96 Å². The molecule has 0 aromatic heterocycles. The van der Waals surface area contributed by atoms with E-state index in [4.69, 9.17) is 0 Å². The molecule has 4 unspecified atom stereocenters. The van der Waals surface area contributed by atoms with Gasteiger partial charge in [-0.1, -0.05) is 12.2 Å². The number of rotatable bonds is 5. The second-order valence-electron chi connectivity index (χ2n) is 8.45. The SMILES string of the molecule is CN=C(NCCN1C(=O)C2C3C=CC(C3)C2C1=O)NCC1CCN(C)CC1. The van der Waals surface area contributed by atoms with E-state index in [0.717, 1.165) is 32.0 Å². The van der Waals surface area contributed by atoms with E-state index in [9.17, 15) is 9.59 Å². The normalized spacial score (nSPS) is 33.9. The number of hydrogen-bond acceptors (Lipinski definition) is 4. The maximum atomic E-state index is 12.7. The van der Waals surface area contributed by atoms with Crippen molar-refractivity contribution in [1.29, 1.82) is 0 Å². The van der Waals surface area contributed by atoms with Crippen LogP contribution in [-0.2, 0) is 9.59 Å². The summed E-state index contributed by atoms with van der Waals surface area (Å²) in [4.78, 5) is 33.5. The van der Waals surface area contributed by atoms with Gasteiger partial charge in [0.25, 0.3) is 0 Å². The van der Waals surface area contributed by atoms with Gasteiger partial charge in [-0.05, 0) is 57.2 Å². The molecule has 2 aliphatic carbocycles. The number of carbonyl (C=O) groups excluding carboxylic acids is 2. The fourth-order valence-corrected chi connectivity index (χ4v) is 5.20. The Bertz CT molecular complexity index is 623. The predicted octanol–water partition coefficient (Wildman–Crippen LogP) is 0.300. The largest absolute Gasteiger partial charge is 0.356 e. The molecule has 2 heterocycles. The first kappa shape index (κ1) is 18.5. The molecule has 2 bridgehead atoms. The molecule has 148 valence electrons. The molecule has 3 fully saturated rings. The van der Waals surface area contributed by atoms with Gasteiger partial charge in [-0.15, -0.1) is 0 Å². The van der Waals surface area contributed by atoms with E-state index in [1.807, 2.05) is 0 Å². The van der Waals surface area contributed by atoms with Crippen molar-refractivity contribution in [3.63, 3.8) is 0 Å². The van der Waals surface area contributed by atoms with Crippen LogP contribution in [0.25, 0.3) is 0 Å². The number of fused-ring (bicyclic) bond motifs is 5. The van der Waals surface area contributed by atoms with Crippen molar-refractivity contribution in [3.8, 4) is 0 Å². The zero-order chi connectivity index (χ0) is 19.0. The molecule has 2 amide bonds. The molecule has 7 heteroatoms. The number of likely N-dealkylation sites (tertiary alicyclic amines) is 2. The Kier molecular flexibility index (Phi) is 5.21. The van der Waals surface area contributed by atoms with Gasteiger partial charge in [-0.2, -0.15) is 0 Å². The average molecular weight is 374 g/mol. The lowest BCUT2D eigenvalue weighted by Gasteiger charge is -2.29. The Labute approximate surface area is 161 Å². The van der Waals surface area contributed by atoms with E-state index in [1.54, 1.807) is 7.05 Å². The number of hydrogen-bond donors (Lipinski definition) is 2. The molecule has 2 aliphatic heterocycles. The zero-order valence-electron chi connectivity index (χ0n) is 16.4. The first-order valence-corrected chi connectivity index (χ1v) is 10.2. The van der Waals surface area contributed by atoms with Crippen LogP contribution in [0.2, 0.25) is 0 Å². The molecule has 0 aromatic rings. The molecular weight excluding hydrogens is 342 g/mol. The van der Waals surface area contributed by atoms with Crippen molar-refractivity contribution in [2.45, 2.75) is 19.3 Å². The second kappa shape index (κ2) is 7.62. The Hall–Kier alpha value is -1.89. The zero-order valence-corrected chi connectivity index (χ0v) is 16.4. The third kappa shape index (κ3) is 3.49. The number of imide groups is 1. The maximum absolute atomic E-state index is 12.7. The van der Waals surface area contributed by atoms with Crippen molar-refractivity contribution < 1.29 is 9.59 Å². The number of aliphatic imine (C=N–C) groups is 1. The van der Waals surface area contributed by atoms with Gasteiger partial charge >= 0.3 is 0 Å². The maximum Gasteiger partial charge on any atom is 0.233 e.